The lowest BCUT2D eigenvalue weighted by atomic mass is 9.94. The molecule has 2 aliphatic heterocycles. The molecule has 2 atom stereocenters. The van der Waals surface area contributed by atoms with E-state index >= 15 is 0 Å². The summed E-state index contributed by atoms with van der Waals surface area (Å²) in [6.07, 6.45) is 2.31. The van der Waals surface area contributed by atoms with Crippen LogP contribution in [-0.4, -0.2) is 44.9 Å². The molecule has 0 spiro atoms. The van der Waals surface area contributed by atoms with Gasteiger partial charge in [-0.15, -0.1) is 0 Å². The van der Waals surface area contributed by atoms with Gasteiger partial charge >= 0.3 is 0 Å². The van der Waals surface area contributed by atoms with Crippen molar-refractivity contribution < 1.29 is 8.42 Å². The zero-order valence-corrected chi connectivity index (χ0v) is 11.5. The third-order valence-electron chi connectivity index (χ3n) is 3.58. The molecule has 100 valence electrons. The average molecular weight is 261 g/mol. The van der Waals surface area contributed by atoms with Crippen LogP contribution in [0.15, 0.2) is 0 Å². The Morgan fingerprint density at radius 3 is 2.82 bits per heavy atom. The molecule has 2 heterocycles. The molecule has 2 aliphatic rings. The zero-order valence-electron chi connectivity index (χ0n) is 10.6. The minimum Gasteiger partial charge on any atom is -0.312 e. The molecule has 17 heavy (non-hydrogen) atoms. The first kappa shape index (κ1) is 13.3. The second-order valence-electron chi connectivity index (χ2n) is 5.53. The molecular weight excluding hydrogens is 238 g/mol. The maximum absolute atomic E-state index is 12.1. The van der Waals surface area contributed by atoms with Crippen LogP contribution >= 0.6 is 0 Å². The first-order valence-corrected chi connectivity index (χ1v) is 7.91. The third-order valence-corrected chi connectivity index (χ3v) is 5.09. The smallest absolute Gasteiger partial charge is 0.279 e. The average Bonchev–Trinajstić information content (AvgIpc) is 2.71. The number of nitrogens with one attached hydrogen (secondary N) is 2. The minimum atomic E-state index is -3.27. The van der Waals surface area contributed by atoms with E-state index in [1.807, 2.05) is 13.8 Å². The van der Waals surface area contributed by atoms with Crippen molar-refractivity contribution >= 4 is 10.2 Å². The van der Waals surface area contributed by atoms with Gasteiger partial charge in [-0.1, -0.05) is 13.8 Å². The standard InChI is InChI=1S/C11H23N3O2S/c1-9(2)6-13-17(15,16)14-7-10-4-3-5-12-11(10)8-14/h9-13H,3-8H2,1-2H3. The molecule has 0 amide bonds. The number of hydrogen-bond acceptors (Lipinski definition) is 3. The van der Waals surface area contributed by atoms with Gasteiger partial charge in [0.1, 0.15) is 0 Å². The summed E-state index contributed by atoms with van der Waals surface area (Å²) >= 11 is 0. The molecule has 0 aromatic heterocycles. The number of fused-ring (bicyclic) bond motifs is 1. The van der Waals surface area contributed by atoms with Crippen LogP contribution < -0.4 is 10.0 Å². The highest BCUT2D eigenvalue weighted by molar-refractivity contribution is 7.87. The van der Waals surface area contributed by atoms with Crippen LogP contribution in [0.5, 0.6) is 0 Å². The first-order chi connectivity index (χ1) is 7.99. The highest BCUT2D eigenvalue weighted by Gasteiger charge is 2.39. The van der Waals surface area contributed by atoms with Gasteiger partial charge in [-0.3, -0.25) is 0 Å². The Morgan fingerprint density at radius 2 is 2.18 bits per heavy atom. The molecule has 2 N–H and O–H groups in total. The Hall–Kier alpha value is -0.170. The minimum absolute atomic E-state index is 0.341. The quantitative estimate of drug-likeness (QED) is 0.758. The second-order valence-corrected chi connectivity index (χ2v) is 7.28. The molecule has 2 rings (SSSR count). The van der Waals surface area contributed by atoms with Gasteiger partial charge in [0.15, 0.2) is 0 Å². The van der Waals surface area contributed by atoms with E-state index in [1.165, 1.54) is 0 Å². The van der Waals surface area contributed by atoms with Gasteiger partial charge in [0.05, 0.1) is 0 Å². The summed E-state index contributed by atoms with van der Waals surface area (Å²) < 4.78 is 28.4. The molecule has 2 fully saturated rings. The van der Waals surface area contributed by atoms with Gasteiger partial charge in [-0.05, 0) is 31.2 Å². The van der Waals surface area contributed by atoms with Crippen molar-refractivity contribution in [2.75, 3.05) is 26.2 Å². The van der Waals surface area contributed by atoms with Gasteiger partial charge in [0.2, 0.25) is 0 Å². The van der Waals surface area contributed by atoms with Crippen molar-refractivity contribution in [3.63, 3.8) is 0 Å². The van der Waals surface area contributed by atoms with Crippen molar-refractivity contribution in [3.05, 3.63) is 0 Å². The van der Waals surface area contributed by atoms with E-state index in [0.29, 0.717) is 37.5 Å². The Labute approximate surface area is 104 Å². The predicted molar refractivity (Wildman–Crippen MR) is 67.8 cm³/mol. The van der Waals surface area contributed by atoms with E-state index in [1.54, 1.807) is 4.31 Å². The highest BCUT2D eigenvalue weighted by atomic mass is 32.2. The SMILES string of the molecule is CC(C)CNS(=O)(=O)N1CC2CCCNC2C1. The van der Waals surface area contributed by atoms with Crippen molar-refractivity contribution in [3.8, 4) is 0 Å². The number of piperidine rings is 1. The fourth-order valence-corrected chi connectivity index (χ4v) is 4.04. The molecule has 0 bridgehead atoms. The fourth-order valence-electron chi connectivity index (χ4n) is 2.57. The normalized spacial score (nSPS) is 30.8. The van der Waals surface area contributed by atoms with Crippen LogP contribution in [0.4, 0.5) is 0 Å². The Bertz CT molecular complexity index is 342. The molecule has 2 unspecified atom stereocenters. The van der Waals surface area contributed by atoms with Gasteiger partial charge in [-0.2, -0.15) is 12.7 Å². The summed E-state index contributed by atoms with van der Waals surface area (Å²) in [6, 6.07) is 0.361. The molecule has 0 saturated carbocycles. The zero-order chi connectivity index (χ0) is 12.5. The molecular formula is C11H23N3O2S. The summed E-state index contributed by atoms with van der Waals surface area (Å²) in [5, 5.41) is 3.41. The van der Waals surface area contributed by atoms with E-state index in [4.69, 9.17) is 0 Å². The van der Waals surface area contributed by atoms with E-state index in [-0.39, 0.29) is 0 Å². The van der Waals surface area contributed by atoms with E-state index in [9.17, 15) is 8.42 Å². The highest BCUT2D eigenvalue weighted by Crippen LogP contribution is 2.26. The Balaban J connectivity index is 1.94. The Kier molecular flexibility index (Phi) is 4.07. The third kappa shape index (κ3) is 3.19. The maximum atomic E-state index is 12.1. The van der Waals surface area contributed by atoms with Crippen molar-refractivity contribution in [2.24, 2.45) is 11.8 Å². The van der Waals surface area contributed by atoms with Crippen LogP contribution in [0.25, 0.3) is 0 Å². The van der Waals surface area contributed by atoms with E-state index < -0.39 is 10.2 Å². The first-order valence-electron chi connectivity index (χ1n) is 6.47. The van der Waals surface area contributed by atoms with Crippen molar-refractivity contribution in [1.29, 1.82) is 0 Å². The lowest BCUT2D eigenvalue weighted by molar-refractivity contribution is 0.339. The van der Waals surface area contributed by atoms with Crippen molar-refractivity contribution in [2.45, 2.75) is 32.7 Å². The summed E-state index contributed by atoms with van der Waals surface area (Å²) in [7, 11) is -3.27. The van der Waals surface area contributed by atoms with Gasteiger partial charge in [0.25, 0.3) is 10.2 Å². The Morgan fingerprint density at radius 1 is 1.41 bits per heavy atom. The number of rotatable bonds is 4. The van der Waals surface area contributed by atoms with Gasteiger partial charge in [0, 0.05) is 25.7 Å². The summed E-state index contributed by atoms with van der Waals surface area (Å²) in [5.41, 5.74) is 0. The van der Waals surface area contributed by atoms with Gasteiger partial charge in [-0.25, -0.2) is 4.72 Å². The molecule has 5 nitrogen and oxygen atoms in total. The fraction of sp³-hybridized carbons (Fsp3) is 1.00. The predicted octanol–water partition coefficient (Wildman–Crippen LogP) is 0.161. The van der Waals surface area contributed by atoms with Crippen LogP contribution in [0.1, 0.15) is 26.7 Å². The van der Waals surface area contributed by atoms with Crippen LogP contribution in [0, 0.1) is 11.8 Å². The van der Waals surface area contributed by atoms with Crippen LogP contribution in [0.2, 0.25) is 0 Å². The second kappa shape index (κ2) is 5.22. The van der Waals surface area contributed by atoms with Crippen LogP contribution in [0.3, 0.4) is 0 Å². The molecule has 0 aromatic rings. The summed E-state index contributed by atoms with van der Waals surface area (Å²) in [5.74, 6) is 0.840. The monoisotopic (exact) mass is 261 g/mol. The maximum Gasteiger partial charge on any atom is 0.279 e. The molecule has 0 aliphatic carbocycles. The van der Waals surface area contributed by atoms with Crippen LogP contribution in [-0.2, 0) is 10.2 Å². The summed E-state index contributed by atoms with van der Waals surface area (Å²) in [4.78, 5) is 0. The molecule has 0 radical (unpaired) electrons. The molecule has 6 heteroatoms. The topological polar surface area (TPSA) is 61.4 Å². The molecule has 0 aromatic carbocycles. The van der Waals surface area contributed by atoms with E-state index in [2.05, 4.69) is 10.0 Å². The number of hydrogen-bond donors (Lipinski definition) is 2. The lowest BCUT2D eigenvalue weighted by Crippen LogP contribution is -2.43. The number of nitrogens with zero attached hydrogens (tertiary/aromatic N) is 1. The largest absolute Gasteiger partial charge is 0.312 e. The van der Waals surface area contributed by atoms with Gasteiger partial charge < -0.3 is 5.32 Å². The van der Waals surface area contributed by atoms with E-state index in [0.717, 1.165) is 19.4 Å². The molecule has 2 saturated heterocycles. The lowest BCUT2D eigenvalue weighted by Gasteiger charge is -2.24. The van der Waals surface area contributed by atoms with Crippen molar-refractivity contribution in [1.82, 2.24) is 14.3 Å². The summed E-state index contributed by atoms with van der Waals surface area (Å²) in [6.45, 7) is 6.85.